The van der Waals surface area contributed by atoms with Crippen molar-refractivity contribution in [2.45, 2.75) is 38.9 Å². The van der Waals surface area contributed by atoms with Crippen LogP contribution in [0.2, 0.25) is 0 Å². The first-order chi connectivity index (χ1) is 5.45. The van der Waals surface area contributed by atoms with Crippen molar-refractivity contribution in [3.05, 3.63) is 24.3 Å². The minimum atomic E-state index is -0.806. The Kier molecular flexibility index (Phi) is 4.86. The highest BCUT2D eigenvalue weighted by Gasteiger charge is 2.15. The van der Waals surface area contributed by atoms with Gasteiger partial charge in [-0.2, -0.15) is 0 Å². The summed E-state index contributed by atoms with van der Waals surface area (Å²) in [6, 6.07) is 0. The van der Waals surface area contributed by atoms with E-state index < -0.39 is 11.7 Å². The summed E-state index contributed by atoms with van der Waals surface area (Å²) in [5, 5.41) is 18.7. The fourth-order valence-electron chi connectivity index (χ4n) is 0.883. The fourth-order valence-corrected chi connectivity index (χ4v) is 0.883. The molecule has 2 N–H and O–H groups in total. The molecule has 70 valence electrons. The minimum absolute atomic E-state index is 0.362. The van der Waals surface area contributed by atoms with E-state index in [9.17, 15) is 10.2 Å². The van der Waals surface area contributed by atoms with Crippen LogP contribution in [0.4, 0.5) is 0 Å². The lowest BCUT2D eigenvalue weighted by atomic mass is 10.0. The summed E-state index contributed by atoms with van der Waals surface area (Å²) in [5.41, 5.74) is -0.806. The van der Waals surface area contributed by atoms with E-state index >= 15 is 0 Å². The molecule has 12 heavy (non-hydrogen) atoms. The van der Waals surface area contributed by atoms with Crippen LogP contribution in [0.5, 0.6) is 0 Å². The largest absolute Gasteiger partial charge is 0.390 e. The van der Waals surface area contributed by atoms with E-state index in [2.05, 4.69) is 0 Å². The molecule has 0 amide bonds. The molecule has 0 spiro atoms. The summed E-state index contributed by atoms with van der Waals surface area (Å²) < 4.78 is 0. The Morgan fingerprint density at radius 1 is 1.33 bits per heavy atom. The van der Waals surface area contributed by atoms with Gasteiger partial charge in [0.1, 0.15) is 0 Å². The molecule has 0 heterocycles. The summed E-state index contributed by atoms with van der Waals surface area (Å²) in [7, 11) is 0. The van der Waals surface area contributed by atoms with Crippen LogP contribution in [-0.4, -0.2) is 21.9 Å². The zero-order valence-electron chi connectivity index (χ0n) is 7.99. The second-order valence-corrected chi connectivity index (χ2v) is 3.49. The van der Waals surface area contributed by atoms with Gasteiger partial charge in [0.05, 0.1) is 11.7 Å². The van der Waals surface area contributed by atoms with E-state index in [1.165, 1.54) is 0 Å². The number of allylic oxidation sites excluding steroid dienone is 3. The normalized spacial score (nSPS) is 16.1. The molecule has 0 fully saturated rings. The number of aliphatic hydroxyl groups is 2. The molecule has 0 aliphatic carbocycles. The van der Waals surface area contributed by atoms with Gasteiger partial charge in [-0.05, 0) is 20.8 Å². The van der Waals surface area contributed by atoms with Crippen molar-refractivity contribution < 1.29 is 10.2 Å². The maximum Gasteiger partial charge on any atom is 0.0751 e. The molecule has 2 nitrogen and oxygen atoms in total. The van der Waals surface area contributed by atoms with Gasteiger partial charge in [0, 0.05) is 6.42 Å². The third kappa shape index (κ3) is 7.51. The summed E-state index contributed by atoms with van der Waals surface area (Å²) >= 11 is 0. The Morgan fingerprint density at radius 3 is 2.33 bits per heavy atom. The molecule has 2 heteroatoms. The third-order valence-corrected chi connectivity index (χ3v) is 1.35. The van der Waals surface area contributed by atoms with Crippen molar-refractivity contribution in [2.24, 2.45) is 0 Å². The smallest absolute Gasteiger partial charge is 0.0751 e. The molecular weight excluding hydrogens is 152 g/mol. The van der Waals surface area contributed by atoms with Gasteiger partial charge >= 0.3 is 0 Å². The molecule has 0 aliphatic heterocycles. The van der Waals surface area contributed by atoms with Crippen molar-refractivity contribution in [3.8, 4) is 0 Å². The molecule has 0 aromatic rings. The first kappa shape index (κ1) is 11.4. The van der Waals surface area contributed by atoms with E-state index in [1.807, 2.05) is 19.1 Å². The average Bonchev–Trinajstić information content (AvgIpc) is 1.84. The van der Waals surface area contributed by atoms with E-state index in [0.29, 0.717) is 6.42 Å². The zero-order valence-corrected chi connectivity index (χ0v) is 7.99. The van der Waals surface area contributed by atoms with Crippen molar-refractivity contribution in [1.29, 1.82) is 0 Å². The van der Waals surface area contributed by atoms with Gasteiger partial charge in [0.25, 0.3) is 0 Å². The standard InChI is InChI=1S/C10H18O2/c1-4-5-6-7-9(11)8-10(2,3)12/h4-7,9,11-12H,8H2,1-3H3. The molecule has 0 bridgehead atoms. The summed E-state index contributed by atoms with van der Waals surface area (Å²) in [6.07, 6.45) is 6.96. The highest BCUT2D eigenvalue weighted by molar-refractivity contribution is 5.04. The van der Waals surface area contributed by atoms with E-state index in [0.717, 1.165) is 0 Å². The Hall–Kier alpha value is -0.600. The van der Waals surface area contributed by atoms with Gasteiger partial charge in [-0.15, -0.1) is 0 Å². The SMILES string of the molecule is CC=CC=CC(O)CC(C)(C)O. The Labute approximate surface area is 74.2 Å². The van der Waals surface area contributed by atoms with Crippen molar-refractivity contribution in [1.82, 2.24) is 0 Å². The summed E-state index contributed by atoms with van der Waals surface area (Å²) in [5.74, 6) is 0. The first-order valence-corrected chi connectivity index (χ1v) is 4.15. The van der Waals surface area contributed by atoms with Gasteiger partial charge in [-0.25, -0.2) is 0 Å². The van der Waals surface area contributed by atoms with Crippen LogP contribution < -0.4 is 0 Å². The van der Waals surface area contributed by atoms with Gasteiger partial charge in [-0.3, -0.25) is 0 Å². The van der Waals surface area contributed by atoms with E-state index in [1.54, 1.807) is 26.0 Å². The summed E-state index contributed by atoms with van der Waals surface area (Å²) in [6.45, 7) is 5.27. The lowest BCUT2D eigenvalue weighted by Crippen LogP contribution is -2.24. The Balaban J connectivity index is 3.81. The van der Waals surface area contributed by atoms with Gasteiger partial charge in [-0.1, -0.05) is 24.3 Å². The molecule has 0 aromatic heterocycles. The zero-order chi connectivity index (χ0) is 9.61. The number of hydrogen-bond donors (Lipinski definition) is 2. The lowest BCUT2D eigenvalue weighted by molar-refractivity contribution is 0.0331. The second kappa shape index (κ2) is 5.12. The molecule has 0 aliphatic rings. The van der Waals surface area contributed by atoms with Gasteiger partial charge in [0.2, 0.25) is 0 Å². The van der Waals surface area contributed by atoms with Crippen LogP contribution in [0.25, 0.3) is 0 Å². The lowest BCUT2D eigenvalue weighted by Gasteiger charge is -2.18. The predicted octanol–water partition coefficient (Wildman–Crippen LogP) is 1.64. The molecule has 0 rings (SSSR count). The van der Waals surface area contributed by atoms with Crippen LogP contribution in [0.1, 0.15) is 27.2 Å². The quantitative estimate of drug-likeness (QED) is 0.630. The molecular formula is C10H18O2. The first-order valence-electron chi connectivity index (χ1n) is 4.15. The van der Waals surface area contributed by atoms with Crippen molar-refractivity contribution in [2.75, 3.05) is 0 Å². The van der Waals surface area contributed by atoms with Gasteiger partial charge in [0.15, 0.2) is 0 Å². The highest BCUT2D eigenvalue weighted by atomic mass is 16.3. The predicted molar refractivity (Wildman–Crippen MR) is 50.9 cm³/mol. The Bertz CT molecular complexity index is 163. The second-order valence-electron chi connectivity index (χ2n) is 3.49. The molecule has 1 atom stereocenters. The summed E-state index contributed by atoms with van der Waals surface area (Å²) in [4.78, 5) is 0. The molecule has 0 aromatic carbocycles. The molecule has 0 saturated carbocycles. The molecule has 1 unspecified atom stereocenters. The molecule has 0 radical (unpaired) electrons. The van der Waals surface area contributed by atoms with Crippen LogP contribution in [0.3, 0.4) is 0 Å². The maximum atomic E-state index is 9.33. The number of rotatable bonds is 4. The minimum Gasteiger partial charge on any atom is -0.390 e. The van der Waals surface area contributed by atoms with Crippen LogP contribution in [-0.2, 0) is 0 Å². The van der Waals surface area contributed by atoms with E-state index in [4.69, 9.17) is 0 Å². The average molecular weight is 170 g/mol. The van der Waals surface area contributed by atoms with Gasteiger partial charge < -0.3 is 10.2 Å². The van der Waals surface area contributed by atoms with Crippen molar-refractivity contribution >= 4 is 0 Å². The van der Waals surface area contributed by atoms with E-state index in [-0.39, 0.29) is 0 Å². The Morgan fingerprint density at radius 2 is 1.92 bits per heavy atom. The monoisotopic (exact) mass is 170 g/mol. The topological polar surface area (TPSA) is 40.5 Å². The number of hydrogen-bond acceptors (Lipinski definition) is 2. The fraction of sp³-hybridized carbons (Fsp3) is 0.600. The number of aliphatic hydroxyl groups excluding tert-OH is 1. The third-order valence-electron chi connectivity index (χ3n) is 1.35. The highest BCUT2D eigenvalue weighted by Crippen LogP contribution is 2.11. The van der Waals surface area contributed by atoms with Crippen LogP contribution in [0.15, 0.2) is 24.3 Å². The van der Waals surface area contributed by atoms with Crippen LogP contribution in [0, 0.1) is 0 Å². The van der Waals surface area contributed by atoms with Crippen LogP contribution >= 0.6 is 0 Å². The van der Waals surface area contributed by atoms with Crippen molar-refractivity contribution in [3.63, 3.8) is 0 Å². The molecule has 0 saturated heterocycles. The maximum absolute atomic E-state index is 9.33.